The summed E-state index contributed by atoms with van der Waals surface area (Å²) in [5, 5.41) is 33.6. The van der Waals surface area contributed by atoms with Crippen LogP contribution in [0, 0.1) is 6.92 Å². The predicted molar refractivity (Wildman–Crippen MR) is 109 cm³/mol. The van der Waals surface area contributed by atoms with Crippen LogP contribution >= 0.6 is 0 Å². The minimum absolute atomic E-state index is 0.132. The molecule has 2 atom stereocenters. The van der Waals surface area contributed by atoms with E-state index in [0.717, 1.165) is 27.6 Å². The van der Waals surface area contributed by atoms with Crippen LogP contribution in [0.4, 0.5) is 0 Å². The van der Waals surface area contributed by atoms with Crippen LogP contribution in [0.5, 0.6) is 11.5 Å². The van der Waals surface area contributed by atoms with Crippen molar-refractivity contribution in [1.82, 2.24) is 0 Å². The van der Waals surface area contributed by atoms with Gasteiger partial charge in [-0.3, -0.25) is 0 Å². The molecule has 6 heteroatoms. The Kier molecular flexibility index (Phi) is 4.90. The third kappa shape index (κ3) is 3.71. The van der Waals surface area contributed by atoms with Crippen molar-refractivity contribution in [1.29, 1.82) is 0 Å². The normalized spacial score (nSPS) is 16.9. The number of phenols is 1. The monoisotopic (exact) mass is 407 g/mol. The zero-order valence-electron chi connectivity index (χ0n) is 17.3. The van der Waals surface area contributed by atoms with Gasteiger partial charge in [0.15, 0.2) is 11.9 Å². The number of aliphatic carboxylic acids is 1. The van der Waals surface area contributed by atoms with E-state index in [0.29, 0.717) is 12.2 Å². The molecular formula is C24H25NO5. The molecule has 0 aliphatic carbocycles. The van der Waals surface area contributed by atoms with Crippen molar-refractivity contribution >= 4 is 16.7 Å². The minimum atomic E-state index is -1.18. The molecule has 156 valence electrons. The SMILES string of the molecule is Cc1cc2ccc3c(c2c[n+]1[C@H](Cc1ccc(O)cc1)C(=O)[O-])O[C@@H](C(C)(C)O)C3. The number of aryl methyl sites for hydroxylation is 1. The zero-order chi connectivity index (χ0) is 21.6. The van der Waals surface area contributed by atoms with E-state index in [9.17, 15) is 20.1 Å². The molecule has 2 N–H and O–H groups in total. The third-order valence-corrected chi connectivity index (χ3v) is 5.78. The lowest BCUT2D eigenvalue weighted by Gasteiger charge is -2.24. The molecule has 1 aliphatic rings. The van der Waals surface area contributed by atoms with Crippen LogP contribution in [-0.2, 0) is 17.6 Å². The Bertz CT molecular complexity index is 1120. The topological polar surface area (TPSA) is 93.7 Å². The van der Waals surface area contributed by atoms with Crippen molar-refractivity contribution in [3.63, 3.8) is 0 Å². The molecule has 0 amide bonds. The Morgan fingerprint density at radius 2 is 1.97 bits per heavy atom. The van der Waals surface area contributed by atoms with Crippen LogP contribution in [-0.4, -0.2) is 27.9 Å². The summed E-state index contributed by atoms with van der Waals surface area (Å²) in [7, 11) is 0. The molecule has 0 unspecified atom stereocenters. The number of nitrogens with zero attached hydrogens (tertiary/aromatic N) is 1. The maximum absolute atomic E-state index is 12.0. The number of benzene rings is 2. The first-order valence-electron chi connectivity index (χ1n) is 9.98. The van der Waals surface area contributed by atoms with E-state index in [2.05, 4.69) is 0 Å². The number of aliphatic hydroxyl groups is 1. The number of rotatable bonds is 5. The maximum Gasteiger partial charge on any atom is 0.201 e. The summed E-state index contributed by atoms with van der Waals surface area (Å²) in [6.45, 7) is 5.31. The number of pyridine rings is 1. The Morgan fingerprint density at radius 3 is 2.60 bits per heavy atom. The van der Waals surface area contributed by atoms with Gasteiger partial charge in [-0.05, 0) is 42.5 Å². The fourth-order valence-electron chi connectivity index (χ4n) is 4.02. The van der Waals surface area contributed by atoms with Gasteiger partial charge in [0.2, 0.25) is 6.04 Å². The average molecular weight is 407 g/mol. The van der Waals surface area contributed by atoms with Gasteiger partial charge < -0.3 is 24.9 Å². The molecule has 2 aromatic carbocycles. The molecule has 0 radical (unpaired) electrons. The summed E-state index contributed by atoms with van der Waals surface area (Å²) in [5.74, 6) is -0.360. The van der Waals surface area contributed by atoms with E-state index in [-0.39, 0.29) is 18.3 Å². The second kappa shape index (κ2) is 7.29. The molecular weight excluding hydrogens is 382 g/mol. The first-order chi connectivity index (χ1) is 14.1. The first kappa shape index (κ1) is 20.2. The molecule has 0 saturated heterocycles. The van der Waals surface area contributed by atoms with Crippen molar-refractivity contribution in [2.45, 2.75) is 51.4 Å². The third-order valence-electron chi connectivity index (χ3n) is 5.78. The molecule has 4 rings (SSSR count). The van der Waals surface area contributed by atoms with Gasteiger partial charge in [0.25, 0.3) is 0 Å². The molecule has 3 aromatic rings. The standard InChI is InChI=1S/C24H25NO5/c1-14-10-16-6-7-17-12-21(24(2,3)29)30-22(17)19(16)13-25(14)20(23(27)28)11-15-4-8-18(26)9-5-15/h4-10,13,20-21,29H,11-12H2,1-3H3,(H-,26,27,28)/t20-,21-/m1/s1. The van der Waals surface area contributed by atoms with Gasteiger partial charge in [0.05, 0.1) is 11.0 Å². The Balaban J connectivity index is 1.78. The number of aromatic nitrogens is 1. The largest absolute Gasteiger partial charge is 0.543 e. The molecule has 1 aromatic heterocycles. The lowest BCUT2D eigenvalue weighted by Crippen LogP contribution is -2.52. The van der Waals surface area contributed by atoms with E-state index in [1.165, 1.54) is 12.1 Å². The van der Waals surface area contributed by atoms with Gasteiger partial charge >= 0.3 is 0 Å². The quantitative estimate of drug-likeness (QED) is 0.629. The smallest absolute Gasteiger partial charge is 0.201 e. The predicted octanol–water partition coefficient (Wildman–Crippen LogP) is 1.75. The second-order valence-electron chi connectivity index (χ2n) is 8.55. The summed E-state index contributed by atoms with van der Waals surface area (Å²) in [6, 6.07) is 11.5. The van der Waals surface area contributed by atoms with E-state index in [1.807, 2.05) is 25.1 Å². The second-order valence-corrected chi connectivity index (χ2v) is 8.55. The lowest BCUT2D eigenvalue weighted by atomic mass is 9.96. The number of ether oxygens (including phenoxy) is 1. The van der Waals surface area contributed by atoms with Crippen molar-refractivity contribution in [2.75, 3.05) is 0 Å². The summed E-state index contributed by atoms with van der Waals surface area (Å²) < 4.78 is 7.80. The molecule has 0 bridgehead atoms. The zero-order valence-corrected chi connectivity index (χ0v) is 17.3. The lowest BCUT2D eigenvalue weighted by molar-refractivity contribution is -0.719. The highest BCUT2D eigenvalue weighted by atomic mass is 16.5. The number of phenolic OH excluding ortho intramolecular Hbond substituents is 1. The van der Waals surface area contributed by atoms with Gasteiger partial charge in [-0.25, -0.2) is 0 Å². The number of carboxylic acids is 1. The summed E-state index contributed by atoms with van der Waals surface area (Å²) in [6.07, 6.45) is 2.26. The van der Waals surface area contributed by atoms with Crippen LogP contribution in [0.3, 0.4) is 0 Å². The Labute approximate surface area is 175 Å². The van der Waals surface area contributed by atoms with E-state index in [4.69, 9.17) is 4.74 Å². The molecule has 0 fully saturated rings. The van der Waals surface area contributed by atoms with Gasteiger partial charge in [-0.2, -0.15) is 4.57 Å². The number of carbonyl (C=O) groups excluding carboxylic acids is 1. The van der Waals surface area contributed by atoms with Crippen molar-refractivity contribution in [3.8, 4) is 11.5 Å². The van der Waals surface area contributed by atoms with E-state index >= 15 is 0 Å². The van der Waals surface area contributed by atoms with Crippen molar-refractivity contribution in [2.24, 2.45) is 0 Å². The van der Waals surface area contributed by atoms with E-state index < -0.39 is 17.6 Å². The molecule has 0 spiro atoms. The van der Waals surface area contributed by atoms with Crippen LogP contribution in [0.25, 0.3) is 10.8 Å². The van der Waals surface area contributed by atoms with Crippen LogP contribution < -0.4 is 14.4 Å². The highest BCUT2D eigenvalue weighted by Gasteiger charge is 2.36. The van der Waals surface area contributed by atoms with Gasteiger partial charge in [-0.15, -0.1) is 0 Å². The number of carboxylic acid groups (broad SMARTS) is 1. The number of fused-ring (bicyclic) bond motifs is 3. The highest BCUT2D eigenvalue weighted by Crippen LogP contribution is 2.38. The number of hydrogen-bond acceptors (Lipinski definition) is 5. The van der Waals surface area contributed by atoms with Crippen LogP contribution in [0.15, 0.2) is 48.7 Å². The summed E-state index contributed by atoms with van der Waals surface area (Å²) in [5.41, 5.74) is 1.57. The van der Waals surface area contributed by atoms with Crippen molar-refractivity contribution < 1.29 is 29.4 Å². The summed E-state index contributed by atoms with van der Waals surface area (Å²) >= 11 is 0. The Morgan fingerprint density at radius 1 is 1.27 bits per heavy atom. The molecule has 30 heavy (non-hydrogen) atoms. The fourth-order valence-corrected chi connectivity index (χ4v) is 4.02. The average Bonchev–Trinajstić information content (AvgIpc) is 3.12. The Hall–Kier alpha value is -3.12. The number of aromatic hydroxyl groups is 1. The highest BCUT2D eigenvalue weighted by molar-refractivity contribution is 5.89. The van der Waals surface area contributed by atoms with Crippen LogP contribution in [0.1, 0.15) is 36.7 Å². The molecule has 6 nitrogen and oxygen atoms in total. The minimum Gasteiger partial charge on any atom is -0.543 e. The number of hydrogen-bond donors (Lipinski definition) is 2. The molecule has 0 saturated carbocycles. The first-order valence-corrected chi connectivity index (χ1v) is 9.98. The van der Waals surface area contributed by atoms with Gasteiger partial charge in [0, 0.05) is 25.8 Å². The molecule has 1 aliphatic heterocycles. The number of carbonyl (C=O) groups is 1. The molecule has 2 heterocycles. The van der Waals surface area contributed by atoms with Crippen molar-refractivity contribution in [3.05, 3.63) is 65.5 Å². The van der Waals surface area contributed by atoms with E-state index in [1.54, 1.807) is 36.7 Å². The summed E-state index contributed by atoms with van der Waals surface area (Å²) in [4.78, 5) is 12.0. The maximum atomic E-state index is 12.0. The van der Waals surface area contributed by atoms with Gasteiger partial charge in [0.1, 0.15) is 23.6 Å². The van der Waals surface area contributed by atoms with Gasteiger partial charge in [-0.1, -0.05) is 24.3 Å². The fraction of sp³-hybridized carbons (Fsp3) is 0.333. The van der Waals surface area contributed by atoms with Crippen LogP contribution in [0.2, 0.25) is 0 Å².